The first-order valence-corrected chi connectivity index (χ1v) is 5.14. The highest BCUT2D eigenvalue weighted by Crippen LogP contribution is 2.15. The Morgan fingerprint density at radius 1 is 1.38 bits per heavy atom. The maximum absolute atomic E-state index is 11.0. The third-order valence-corrected chi connectivity index (χ3v) is 2.08. The van der Waals surface area contributed by atoms with Crippen LogP contribution in [0.3, 0.4) is 0 Å². The molecule has 2 N–H and O–H groups in total. The van der Waals surface area contributed by atoms with Crippen LogP contribution in [0.1, 0.15) is 19.4 Å². The van der Waals surface area contributed by atoms with Crippen molar-refractivity contribution in [3.8, 4) is 0 Å². The summed E-state index contributed by atoms with van der Waals surface area (Å²) in [5.74, 6) is -0.109. The van der Waals surface area contributed by atoms with Crippen molar-refractivity contribution >= 4 is 17.3 Å². The molecule has 0 aromatic heterocycles. The topological polar surface area (TPSA) is 61.7 Å². The van der Waals surface area contributed by atoms with E-state index in [2.05, 4.69) is 10.3 Å². The monoisotopic (exact) mass is 220 g/mol. The van der Waals surface area contributed by atoms with E-state index in [1.54, 1.807) is 0 Å². The van der Waals surface area contributed by atoms with E-state index in [-0.39, 0.29) is 12.5 Å². The van der Waals surface area contributed by atoms with Crippen molar-refractivity contribution in [3.63, 3.8) is 0 Å². The van der Waals surface area contributed by atoms with Gasteiger partial charge in [0.15, 0.2) is 0 Å². The van der Waals surface area contributed by atoms with E-state index in [9.17, 15) is 4.79 Å². The van der Waals surface area contributed by atoms with Crippen molar-refractivity contribution in [1.29, 1.82) is 0 Å². The highest BCUT2D eigenvalue weighted by Gasteiger charge is 2.05. The zero-order valence-electron chi connectivity index (χ0n) is 9.53. The summed E-state index contributed by atoms with van der Waals surface area (Å²) in [4.78, 5) is 15.2. The number of aliphatic imine (C=N–C) groups is 1. The third kappa shape index (κ3) is 3.47. The minimum absolute atomic E-state index is 0.0274. The Morgan fingerprint density at radius 2 is 2.06 bits per heavy atom. The van der Waals surface area contributed by atoms with Gasteiger partial charge in [-0.15, -0.1) is 0 Å². The van der Waals surface area contributed by atoms with Crippen LogP contribution in [-0.2, 0) is 4.79 Å². The molecule has 1 aromatic carbocycles. The lowest BCUT2D eigenvalue weighted by Gasteiger charge is -2.09. The molecule has 0 radical (unpaired) electrons. The van der Waals surface area contributed by atoms with Crippen LogP contribution in [0, 0.1) is 0 Å². The largest absolute Gasteiger partial charge is 0.394 e. The molecule has 0 aliphatic rings. The number of aliphatic hydroxyl groups excluding tert-OH is 1. The van der Waals surface area contributed by atoms with Crippen LogP contribution < -0.4 is 5.32 Å². The summed E-state index contributed by atoms with van der Waals surface area (Å²) in [7, 11) is 0. The Kier molecular flexibility index (Phi) is 4.66. The first kappa shape index (κ1) is 12.4. The molecule has 4 nitrogen and oxygen atoms in total. The number of nitrogens with zero attached hydrogens (tertiary/aromatic N) is 1. The summed E-state index contributed by atoms with van der Waals surface area (Å²) < 4.78 is 0. The number of hydrogen-bond donors (Lipinski definition) is 2. The number of amides is 1. The van der Waals surface area contributed by atoms with Crippen LogP contribution in [0.15, 0.2) is 29.3 Å². The second kappa shape index (κ2) is 6.02. The fraction of sp³-hybridized carbons (Fsp3) is 0.333. The number of carbonyl (C=O) groups is 1. The molecular weight excluding hydrogens is 204 g/mol. The van der Waals surface area contributed by atoms with Gasteiger partial charge in [-0.05, 0) is 13.0 Å². The molecule has 0 aliphatic carbocycles. The average Bonchev–Trinajstić information content (AvgIpc) is 2.26. The number of rotatable bonds is 4. The molecule has 0 spiro atoms. The van der Waals surface area contributed by atoms with Crippen LogP contribution >= 0.6 is 0 Å². The number of nitrogens with one attached hydrogen (secondary N) is 1. The Hall–Kier alpha value is -1.68. The van der Waals surface area contributed by atoms with Crippen molar-refractivity contribution in [2.75, 3.05) is 18.5 Å². The number of aliphatic hydroxyl groups is 1. The summed E-state index contributed by atoms with van der Waals surface area (Å²) in [5.41, 5.74) is 2.43. The van der Waals surface area contributed by atoms with Gasteiger partial charge in [-0.3, -0.25) is 9.79 Å². The van der Waals surface area contributed by atoms with Gasteiger partial charge in [-0.2, -0.15) is 0 Å². The number of hydrogen-bond acceptors (Lipinski definition) is 3. The molecule has 0 atom stereocenters. The van der Waals surface area contributed by atoms with Crippen molar-refractivity contribution in [1.82, 2.24) is 0 Å². The van der Waals surface area contributed by atoms with Gasteiger partial charge in [0.2, 0.25) is 5.91 Å². The normalized spacial score (nSPS) is 11.3. The van der Waals surface area contributed by atoms with E-state index in [1.165, 1.54) is 6.92 Å². The standard InChI is InChI=1S/C12H16N2O2/c1-9(13-7-8-15)11-5-3-4-6-12(11)14-10(2)16/h3-6,15H,7-8H2,1-2H3,(H,14,16)/b13-9-. The van der Waals surface area contributed by atoms with Crippen LogP contribution in [0.4, 0.5) is 5.69 Å². The van der Waals surface area contributed by atoms with Crippen molar-refractivity contribution < 1.29 is 9.90 Å². The Morgan fingerprint density at radius 3 is 2.69 bits per heavy atom. The van der Waals surface area contributed by atoms with Gasteiger partial charge >= 0.3 is 0 Å². The Labute approximate surface area is 95.0 Å². The highest BCUT2D eigenvalue weighted by atomic mass is 16.3. The number of para-hydroxylation sites is 1. The molecule has 0 bridgehead atoms. The molecule has 1 aromatic rings. The smallest absolute Gasteiger partial charge is 0.221 e. The third-order valence-electron chi connectivity index (χ3n) is 2.08. The van der Waals surface area contributed by atoms with Crippen molar-refractivity contribution in [3.05, 3.63) is 29.8 Å². The van der Waals surface area contributed by atoms with Crippen LogP contribution in [0.5, 0.6) is 0 Å². The summed E-state index contributed by atoms with van der Waals surface area (Å²) in [6.07, 6.45) is 0. The number of carbonyl (C=O) groups excluding carboxylic acids is 1. The predicted molar refractivity (Wildman–Crippen MR) is 64.9 cm³/mol. The molecule has 0 unspecified atom stereocenters. The highest BCUT2D eigenvalue weighted by molar-refractivity contribution is 6.06. The van der Waals surface area contributed by atoms with E-state index in [1.807, 2.05) is 31.2 Å². The molecule has 0 saturated heterocycles. The molecule has 1 rings (SSSR count). The molecule has 0 fully saturated rings. The maximum Gasteiger partial charge on any atom is 0.221 e. The summed E-state index contributed by atoms with van der Waals surface area (Å²) >= 11 is 0. The Balaban J connectivity index is 2.98. The molecule has 86 valence electrons. The minimum atomic E-state index is -0.109. The molecule has 1 amide bonds. The van der Waals surface area contributed by atoms with Crippen molar-refractivity contribution in [2.45, 2.75) is 13.8 Å². The summed E-state index contributed by atoms with van der Waals surface area (Å²) in [6.45, 7) is 3.73. The molecule has 0 aliphatic heterocycles. The average molecular weight is 220 g/mol. The minimum Gasteiger partial charge on any atom is -0.394 e. The lowest BCUT2D eigenvalue weighted by Crippen LogP contribution is -2.10. The maximum atomic E-state index is 11.0. The SMILES string of the molecule is CC(=O)Nc1ccccc1/C(C)=N\CCO. The van der Waals surface area contributed by atoms with Gasteiger partial charge in [0, 0.05) is 23.9 Å². The van der Waals surface area contributed by atoms with E-state index in [4.69, 9.17) is 5.11 Å². The van der Waals surface area contributed by atoms with E-state index < -0.39 is 0 Å². The van der Waals surface area contributed by atoms with Crippen LogP contribution in [0.25, 0.3) is 0 Å². The van der Waals surface area contributed by atoms with Gasteiger partial charge in [-0.25, -0.2) is 0 Å². The second-order valence-corrected chi connectivity index (χ2v) is 3.42. The molecular formula is C12H16N2O2. The first-order valence-electron chi connectivity index (χ1n) is 5.14. The fourth-order valence-corrected chi connectivity index (χ4v) is 1.40. The van der Waals surface area contributed by atoms with E-state index in [0.29, 0.717) is 6.54 Å². The van der Waals surface area contributed by atoms with Gasteiger partial charge in [-0.1, -0.05) is 18.2 Å². The Bertz CT molecular complexity index is 400. The van der Waals surface area contributed by atoms with Gasteiger partial charge in [0.05, 0.1) is 13.2 Å². The van der Waals surface area contributed by atoms with Gasteiger partial charge in [0.1, 0.15) is 0 Å². The lowest BCUT2D eigenvalue weighted by atomic mass is 10.1. The van der Waals surface area contributed by atoms with Gasteiger partial charge in [0.25, 0.3) is 0 Å². The van der Waals surface area contributed by atoms with Crippen molar-refractivity contribution in [2.24, 2.45) is 4.99 Å². The number of benzene rings is 1. The number of anilines is 1. The van der Waals surface area contributed by atoms with Crippen LogP contribution in [0.2, 0.25) is 0 Å². The van der Waals surface area contributed by atoms with E-state index in [0.717, 1.165) is 17.0 Å². The quantitative estimate of drug-likeness (QED) is 0.754. The first-order chi connectivity index (χ1) is 7.65. The predicted octanol–water partition coefficient (Wildman–Crippen LogP) is 1.45. The molecule has 0 saturated carbocycles. The molecule has 0 heterocycles. The second-order valence-electron chi connectivity index (χ2n) is 3.42. The summed E-state index contributed by atoms with van der Waals surface area (Å²) in [5, 5.41) is 11.4. The zero-order chi connectivity index (χ0) is 12.0. The molecule has 4 heteroatoms. The van der Waals surface area contributed by atoms with Crippen LogP contribution in [-0.4, -0.2) is 29.9 Å². The zero-order valence-corrected chi connectivity index (χ0v) is 9.53. The molecule has 16 heavy (non-hydrogen) atoms. The summed E-state index contributed by atoms with van der Waals surface area (Å²) in [6, 6.07) is 7.46. The van der Waals surface area contributed by atoms with E-state index >= 15 is 0 Å². The van der Waals surface area contributed by atoms with Gasteiger partial charge < -0.3 is 10.4 Å². The lowest BCUT2D eigenvalue weighted by molar-refractivity contribution is -0.114. The fourth-order valence-electron chi connectivity index (χ4n) is 1.40.